The molecule has 1 heterocycles. The van der Waals surface area contributed by atoms with Crippen molar-refractivity contribution < 1.29 is 0 Å². The Kier molecular flexibility index (Phi) is 2.67. The summed E-state index contributed by atoms with van der Waals surface area (Å²) in [6, 6.07) is 6.87. The number of rotatable bonds is 3. The van der Waals surface area contributed by atoms with Gasteiger partial charge in [-0.2, -0.15) is 0 Å². The zero-order chi connectivity index (χ0) is 11.8. The van der Waals surface area contributed by atoms with Crippen LogP contribution in [0.1, 0.15) is 24.4 Å². The normalized spacial score (nSPS) is 14.9. The van der Waals surface area contributed by atoms with Crippen LogP contribution in [0.4, 0.5) is 11.6 Å². The van der Waals surface area contributed by atoms with Crippen molar-refractivity contribution in [3.05, 3.63) is 40.6 Å². The highest BCUT2D eigenvalue weighted by Crippen LogP contribution is 2.37. The molecule has 1 aliphatic rings. The molecule has 0 aliphatic heterocycles. The Morgan fingerprint density at radius 3 is 2.94 bits per heavy atom. The molecule has 2 aromatic rings. The number of aromatic nitrogens is 2. The van der Waals surface area contributed by atoms with Gasteiger partial charge in [-0.3, -0.25) is 0 Å². The van der Waals surface area contributed by atoms with Gasteiger partial charge in [0.1, 0.15) is 0 Å². The Hall–Kier alpha value is -1.29. The smallest absolute Gasteiger partial charge is 0.207 e. The summed E-state index contributed by atoms with van der Waals surface area (Å²) in [6.45, 7) is 2.09. The van der Waals surface area contributed by atoms with Crippen molar-refractivity contribution >= 4 is 27.6 Å². The summed E-state index contributed by atoms with van der Waals surface area (Å²) in [4.78, 5) is 4.38. The summed E-state index contributed by atoms with van der Waals surface area (Å²) < 4.78 is 3.33. The molecule has 3 nitrogen and oxygen atoms in total. The van der Waals surface area contributed by atoms with Crippen LogP contribution in [0.25, 0.3) is 0 Å². The van der Waals surface area contributed by atoms with Crippen LogP contribution in [0, 0.1) is 6.92 Å². The van der Waals surface area contributed by atoms with E-state index in [9.17, 15) is 0 Å². The third-order valence-electron chi connectivity index (χ3n) is 3.04. The van der Waals surface area contributed by atoms with Gasteiger partial charge in [-0.25, -0.2) is 4.98 Å². The number of halogens is 1. The van der Waals surface area contributed by atoms with Crippen LogP contribution in [0.2, 0.25) is 0 Å². The maximum absolute atomic E-state index is 4.38. The number of aryl methyl sites for hydroxylation is 1. The quantitative estimate of drug-likeness (QED) is 0.925. The van der Waals surface area contributed by atoms with E-state index in [-0.39, 0.29) is 0 Å². The van der Waals surface area contributed by atoms with Crippen molar-refractivity contribution in [1.29, 1.82) is 0 Å². The molecule has 0 atom stereocenters. The molecular formula is C13H14BrN3. The van der Waals surface area contributed by atoms with E-state index in [2.05, 4.69) is 49.9 Å². The minimum Gasteiger partial charge on any atom is -0.325 e. The van der Waals surface area contributed by atoms with Crippen LogP contribution in [0.3, 0.4) is 0 Å². The molecule has 1 saturated carbocycles. The number of benzene rings is 1. The van der Waals surface area contributed by atoms with Gasteiger partial charge in [-0.05, 0) is 43.5 Å². The van der Waals surface area contributed by atoms with Gasteiger partial charge >= 0.3 is 0 Å². The molecule has 0 radical (unpaired) electrons. The SMILES string of the molecule is Cc1cc(Br)ccc1Nc1nccn1C1CC1. The summed E-state index contributed by atoms with van der Waals surface area (Å²) >= 11 is 3.47. The van der Waals surface area contributed by atoms with Crippen molar-refractivity contribution in [2.45, 2.75) is 25.8 Å². The molecule has 17 heavy (non-hydrogen) atoms. The van der Waals surface area contributed by atoms with E-state index in [0.29, 0.717) is 6.04 Å². The molecule has 0 spiro atoms. The standard InChI is InChI=1S/C13H14BrN3/c1-9-8-10(14)2-5-12(9)16-13-15-6-7-17(13)11-3-4-11/h2,5-8,11H,3-4H2,1H3,(H,15,16). The predicted molar refractivity (Wildman–Crippen MR) is 72.7 cm³/mol. The molecule has 1 aromatic heterocycles. The van der Waals surface area contributed by atoms with E-state index >= 15 is 0 Å². The summed E-state index contributed by atoms with van der Waals surface area (Å²) in [5.74, 6) is 0.943. The summed E-state index contributed by atoms with van der Waals surface area (Å²) in [5.41, 5.74) is 2.33. The van der Waals surface area contributed by atoms with Crippen molar-refractivity contribution in [2.24, 2.45) is 0 Å². The van der Waals surface area contributed by atoms with E-state index in [0.717, 1.165) is 16.1 Å². The Bertz CT molecular complexity index is 543. The van der Waals surface area contributed by atoms with E-state index in [1.165, 1.54) is 18.4 Å². The third-order valence-corrected chi connectivity index (χ3v) is 3.54. The molecule has 0 bridgehead atoms. The fourth-order valence-electron chi connectivity index (χ4n) is 1.94. The van der Waals surface area contributed by atoms with Crippen molar-refractivity contribution in [1.82, 2.24) is 9.55 Å². The van der Waals surface area contributed by atoms with Crippen molar-refractivity contribution in [3.63, 3.8) is 0 Å². The predicted octanol–water partition coefficient (Wildman–Crippen LogP) is 4.03. The van der Waals surface area contributed by atoms with Crippen LogP contribution >= 0.6 is 15.9 Å². The van der Waals surface area contributed by atoms with Gasteiger partial charge in [-0.1, -0.05) is 15.9 Å². The molecule has 4 heteroatoms. The topological polar surface area (TPSA) is 29.9 Å². The Balaban J connectivity index is 1.88. The molecule has 0 saturated heterocycles. The Morgan fingerprint density at radius 1 is 1.41 bits per heavy atom. The number of anilines is 2. The fourth-order valence-corrected chi connectivity index (χ4v) is 2.42. The number of hydrogen-bond donors (Lipinski definition) is 1. The zero-order valence-corrected chi connectivity index (χ0v) is 11.2. The molecule has 1 aliphatic carbocycles. The summed E-state index contributed by atoms with van der Waals surface area (Å²) in [6.07, 6.45) is 6.44. The second-order valence-electron chi connectivity index (χ2n) is 4.47. The van der Waals surface area contributed by atoms with E-state index < -0.39 is 0 Å². The Morgan fingerprint density at radius 2 is 2.24 bits per heavy atom. The van der Waals surface area contributed by atoms with Crippen molar-refractivity contribution in [3.8, 4) is 0 Å². The van der Waals surface area contributed by atoms with Crippen LogP contribution < -0.4 is 5.32 Å². The second kappa shape index (κ2) is 4.18. The van der Waals surface area contributed by atoms with E-state index in [4.69, 9.17) is 0 Å². The van der Waals surface area contributed by atoms with Gasteiger partial charge in [0.2, 0.25) is 5.95 Å². The first-order valence-electron chi connectivity index (χ1n) is 5.80. The molecule has 0 amide bonds. The monoisotopic (exact) mass is 291 g/mol. The molecule has 1 aromatic carbocycles. The van der Waals surface area contributed by atoms with Gasteiger partial charge in [0.15, 0.2) is 0 Å². The minimum absolute atomic E-state index is 0.649. The molecule has 1 fully saturated rings. The zero-order valence-electron chi connectivity index (χ0n) is 9.65. The highest BCUT2D eigenvalue weighted by molar-refractivity contribution is 9.10. The highest BCUT2D eigenvalue weighted by atomic mass is 79.9. The number of nitrogens with zero attached hydrogens (tertiary/aromatic N) is 2. The number of nitrogens with one attached hydrogen (secondary N) is 1. The third kappa shape index (κ3) is 2.22. The molecule has 1 N–H and O–H groups in total. The van der Waals surface area contributed by atoms with Gasteiger partial charge in [0.25, 0.3) is 0 Å². The van der Waals surface area contributed by atoms with E-state index in [1.54, 1.807) is 0 Å². The average Bonchev–Trinajstić information content (AvgIpc) is 3.03. The largest absolute Gasteiger partial charge is 0.325 e. The van der Waals surface area contributed by atoms with Crippen molar-refractivity contribution in [2.75, 3.05) is 5.32 Å². The maximum Gasteiger partial charge on any atom is 0.207 e. The minimum atomic E-state index is 0.649. The fraction of sp³-hybridized carbons (Fsp3) is 0.308. The molecule has 3 rings (SSSR count). The first kappa shape index (κ1) is 10.8. The number of hydrogen-bond acceptors (Lipinski definition) is 2. The van der Waals surface area contributed by atoms with Crippen LogP contribution in [-0.4, -0.2) is 9.55 Å². The van der Waals surface area contributed by atoms with Crippen LogP contribution in [0.15, 0.2) is 35.1 Å². The van der Waals surface area contributed by atoms with Crippen LogP contribution in [-0.2, 0) is 0 Å². The second-order valence-corrected chi connectivity index (χ2v) is 5.39. The van der Waals surface area contributed by atoms with Gasteiger partial charge < -0.3 is 9.88 Å². The Labute approximate surface area is 109 Å². The average molecular weight is 292 g/mol. The van der Waals surface area contributed by atoms with Gasteiger partial charge in [-0.15, -0.1) is 0 Å². The van der Waals surface area contributed by atoms with E-state index in [1.807, 2.05) is 18.5 Å². The molecule has 88 valence electrons. The summed E-state index contributed by atoms with van der Waals surface area (Å²) in [5, 5.41) is 3.40. The number of imidazole rings is 1. The first-order chi connectivity index (χ1) is 8.24. The highest BCUT2D eigenvalue weighted by Gasteiger charge is 2.25. The van der Waals surface area contributed by atoms with Gasteiger partial charge in [0.05, 0.1) is 0 Å². The maximum atomic E-state index is 4.38. The summed E-state index contributed by atoms with van der Waals surface area (Å²) in [7, 11) is 0. The lowest BCUT2D eigenvalue weighted by atomic mass is 10.2. The molecular weight excluding hydrogens is 278 g/mol. The lowest BCUT2D eigenvalue weighted by Crippen LogP contribution is -2.02. The lowest BCUT2D eigenvalue weighted by Gasteiger charge is -2.11. The molecule has 0 unspecified atom stereocenters. The lowest BCUT2D eigenvalue weighted by molar-refractivity contribution is 0.751. The first-order valence-corrected chi connectivity index (χ1v) is 6.59. The van der Waals surface area contributed by atoms with Gasteiger partial charge in [0, 0.05) is 28.6 Å². The van der Waals surface area contributed by atoms with Crippen LogP contribution in [0.5, 0.6) is 0 Å².